The van der Waals surface area contributed by atoms with Crippen LogP contribution in [0.3, 0.4) is 0 Å². The van der Waals surface area contributed by atoms with Crippen molar-refractivity contribution < 1.29 is 0 Å². The van der Waals surface area contributed by atoms with Crippen LogP contribution < -0.4 is 5.73 Å². The molecule has 1 fully saturated rings. The molecule has 0 bridgehead atoms. The van der Waals surface area contributed by atoms with Crippen molar-refractivity contribution in [1.82, 2.24) is 0 Å². The van der Waals surface area contributed by atoms with E-state index in [-0.39, 0.29) is 12.4 Å². The van der Waals surface area contributed by atoms with E-state index in [0.717, 1.165) is 12.8 Å². The zero-order chi connectivity index (χ0) is 5.28. The van der Waals surface area contributed by atoms with Crippen molar-refractivity contribution in [2.75, 3.05) is 0 Å². The van der Waals surface area contributed by atoms with Gasteiger partial charge < -0.3 is 5.73 Å². The van der Waals surface area contributed by atoms with Crippen LogP contribution in [0.1, 0.15) is 19.3 Å². The summed E-state index contributed by atoms with van der Waals surface area (Å²) >= 11 is 0. The molecular weight excluding hydrogens is 124 g/mol. The third kappa shape index (κ3) is 1.37. The summed E-state index contributed by atoms with van der Waals surface area (Å²) in [7, 11) is 0. The minimum Gasteiger partial charge on any atom is -0.387 e. The Kier molecular flexibility index (Phi) is 2.84. The summed E-state index contributed by atoms with van der Waals surface area (Å²) in [4.78, 5) is 0. The highest BCUT2D eigenvalue weighted by molar-refractivity contribution is 5.85. The first-order valence-corrected chi connectivity index (χ1v) is 2.64. The molecule has 1 aliphatic rings. The topological polar surface area (TPSA) is 49.9 Å². The third-order valence-corrected chi connectivity index (χ3v) is 1.54. The van der Waals surface area contributed by atoms with Crippen LogP contribution in [0.15, 0.2) is 0 Å². The van der Waals surface area contributed by atoms with Gasteiger partial charge in [-0.1, -0.05) is 6.42 Å². The Morgan fingerprint density at radius 2 is 2.00 bits per heavy atom. The van der Waals surface area contributed by atoms with Crippen molar-refractivity contribution in [3.8, 4) is 0 Å². The van der Waals surface area contributed by atoms with Gasteiger partial charge in [-0.2, -0.15) is 0 Å². The standard InChI is InChI=1S/C5H10N2.ClH/c6-5(7)4-2-1-3-4;/h4H,1-3H2,(H3,6,7);1H. The minimum absolute atomic E-state index is 0. The highest BCUT2D eigenvalue weighted by Crippen LogP contribution is 2.25. The lowest BCUT2D eigenvalue weighted by Crippen LogP contribution is -2.27. The average molecular weight is 135 g/mol. The third-order valence-electron chi connectivity index (χ3n) is 1.54. The molecule has 0 saturated heterocycles. The van der Waals surface area contributed by atoms with E-state index in [2.05, 4.69) is 0 Å². The van der Waals surface area contributed by atoms with Gasteiger partial charge >= 0.3 is 0 Å². The van der Waals surface area contributed by atoms with Gasteiger partial charge in [0, 0.05) is 5.92 Å². The molecule has 1 aliphatic carbocycles. The van der Waals surface area contributed by atoms with Crippen LogP contribution in [-0.2, 0) is 0 Å². The highest BCUT2D eigenvalue weighted by atomic mass is 35.5. The van der Waals surface area contributed by atoms with E-state index in [1.165, 1.54) is 6.42 Å². The van der Waals surface area contributed by atoms with Crippen LogP contribution in [0.2, 0.25) is 0 Å². The maximum absolute atomic E-state index is 6.93. The van der Waals surface area contributed by atoms with Gasteiger partial charge in [-0.25, -0.2) is 0 Å². The normalized spacial score (nSPS) is 18.5. The smallest absolute Gasteiger partial charge is 0.0936 e. The van der Waals surface area contributed by atoms with E-state index in [4.69, 9.17) is 11.1 Å². The largest absolute Gasteiger partial charge is 0.387 e. The molecule has 0 atom stereocenters. The average Bonchev–Trinajstić information content (AvgIpc) is 1.23. The van der Waals surface area contributed by atoms with Crippen molar-refractivity contribution in [2.45, 2.75) is 19.3 Å². The second-order valence-electron chi connectivity index (χ2n) is 2.08. The molecule has 0 heterocycles. The Bertz CT molecular complexity index is 88.4. The minimum atomic E-state index is 0. The van der Waals surface area contributed by atoms with E-state index < -0.39 is 0 Å². The fourth-order valence-electron chi connectivity index (χ4n) is 0.719. The van der Waals surface area contributed by atoms with Crippen LogP contribution in [0.4, 0.5) is 0 Å². The van der Waals surface area contributed by atoms with E-state index in [0.29, 0.717) is 11.8 Å². The number of hydrogen-bond acceptors (Lipinski definition) is 1. The van der Waals surface area contributed by atoms with Gasteiger partial charge in [-0.05, 0) is 12.8 Å². The second kappa shape index (κ2) is 2.92. The Morgan fingerprint density at radius 3 is 2.00 bits per heavy atom. The molecule has 1 saturated carbocycles. The summed E-state index contributed by atoms with van der Waals surface area (Å²) in [6, 6.07) is 0. The van der Waals surface area contributed by atoms with Crippen molar-refractivity contribution in [1.29, 1.82) is 5.41 Å². The summed E-state index contributed by atoms with van der Waals surface area (Å²) in [5, 5.41) is 6.93. The van der Waals surface area contributed by atoms with Crippen LogP contribution in [0, 0.1) is 11.3 Å². The van der Waals surface area contributed by atoms with Crippen LogP contribution >= 0.6 is 12.4 Å². The Morgan fingerprint density at radius 1 is 1.50 bits per heavy atom. The lowest BCUT2D eigenvalue weighted by Gasteiger charge is -2.23. The lowest BCUT2D eigenvalue weighted by molar-refractivity contribution is 0.409. The van der Waals surface area contributed by atoms with Crippen molar-refractivity contribution >= 4 is 18.2 Å². The molecule has 3 N–H and O–H groups in total. The monoisotopic (exact) mass is 134 g/mol. The van der Waals surface area contributed by atoms with Crippen molar-refractivity contribution in [2.24, 2.45) is 11.7 Å². The first-order valence-electron chi connectivity index (χ1n) is 2.64. The Hall–Kier alpha value is -0.240. The zero-order valence-corrected chi connectivity index (χ0v) is 5.50. The molecule has 0 aromatic carbocycles. The fraction of sp³-hybridized carbons (Fsp3) is 0.800. The predicted octanol–water partition coefficient (Wildman–Crippen LogP) is 1.14. The van der Waals surface area contributed by atoms with Gasteiger partial charge in [-0.15, -0.1) is 12.4 Å². The predicted molar refractivity (Wildman–Crippen MR) is 36.5 cm³/mol. The molecule has 0 aromatic rings. The van der Waals surface area contributed by atoms with E-state index in [1.807, 2.05) is 0 Å². The molecule has 2 nitrogen and oxygen atoms in total. The number of nitrogens with two attached hydrogens (primary N) is 1. The number of halogens is 1. The molecule has 0 aromatic heterocycles. The number of hydrogen-bond donors (Lipinski definition) is 2. The molecule has 48 valence electrons. The van der Waals surface area contributed by atoms with Gasteiger partial charge in [-0.3, -0.25) is 5.41 Å². The van der Waals surface area contributed by atoms with Gasteiger partial charge in [0.2, 0.25) is 0 Å². The van der Waals surface area contributed by atoms with Crippen molar-refractivity contribution in [3.05, 3.63) is 0 Å². The second-order valence-corrected chi connectivity index (χ2v) is 2.08. The SMILES string of the molecule is Cl.N=C(N)C1CCC1. The summed E-state index contributed by atoms with van der Waals surface area (Å²) < 4.78 is 0. The van der Waals surface area contributed by atoms with E-state index in [1.54, 1.807) is 0 Å². The molecule has 1 rings (SSSR count). The lowest BCUT2D eigenvalue weighted by atomic mass is 9.85. The Labute approximate surface area is 55.4 Å². The van der Waals surface area contributed by atoms with Gasteiger partial charge in [0.1, 0.15) is 0 Å². The van der Waals surface area contributed by atoms with Gasteiger partial charge in [0.05, 0.1) is 5.84 Å². The van der Waals surface area contributed by atoms with Crippen LogP contribution in [0.5, 0.6) is 0 Å². The molecule has 0 radical (unpaired) electrons. The maximum atomic E-state index is 6.93. The molecule has 0 amide bonds. The number of amidine groups is 1. The molecule has 0 aliphatic heterocycles. The number of rotatable bonds is 1. The highest BCUT2D eigenvalue weighted by Gasteiger charge is 2.19. The molecule has 3 heteroatoms. The maximum Gasteiger partial charge on any atom is 0.0936 e. The number of nitrogens with one attached hydrogen (secondary N) is 1. The summed E-state index contributed by atoms with van der Waals surface area (Å²) in [6.45, 7) is 0. The zero-order valence-electron chi connectivity index (χ0n) is 4.68. The van der Waals surface area contributed by atoms with Crippen LogP contribution in [-0.4, -0.2) is 5.84 Å². The summed E-state index contributed by atoms with van der Waals surface area (Å²) in [6.07, 6.45) is 3.56. The summed E-state index contributed by atoms with van der Waals surface area (Å²) in [5.41, 5.74) is 5.18. The van der Waals surface area contributed by atoms with Gasteiger partial charge in [0.25, 0.3) is 0 Å². The molecular formula is C5H11ClN2. The Balaban J connectivity index is 0.000000490. The van der Waals surface area contributed by atoms with E-state index >= 15 is 0 Å². The van der Waals surface area contributed by atoms with Crippen LogP contribution in [0.25, 0.3) is 0 Å². The summed E-state index contributed by atoms with van der Waals surface area (Å²) in [5.74, 6) is 0.825. The molecule has 0 unspecified atom stereocenters. The quantitative estimate of drug-likeness (QED) is 0.410. The first-order chi connectivity index (χ1) is 3.30. The fourth-order valence-corrected chi connectivity index (χ4v) is 0.719. The molecule has 0 spiro atoms. The van der Waals surface area contributed by atoms with Crippen molar-refractivity contribution in [3.63, 3.8) is 0 Å². The van der Waals surface area contributed by atoms with Gasteiger partial charge in [0.15, 0.2) is 0 Å². The first kappa shape index (κ1) is 7.76. The molecule has 8 heavy (non-hydrogen) atoms. The van der Waals surface area contributed by atoms with E-state index in [9.17, 15) is 0 Å².